The molecule has 1 aliphatic heterocycles. The Labute approximate surface area is 115 Å². The van der Waals surface area contributed by atoms with Crippen LogP contribution in [0.25, 0.3) is 0 Å². The molecule has 2 rings (SSSR count). The second kappa shape index (κ2) is 5.68. The quantitative estimate of drug-likeness (QED) is 0.669. The molecule has 20 heavy (non-hydrogen) atoms. The first-order valence-electron chi connectivity index (χ1n) is 6.29. The molecule has 0 aromatic heterocycles. The Morgan fingerprint density at radius 3 is 2.65 bits per heavy atom. The summed E-state index contributed by atoms with van der Waals surface area (Å²) in [5, 5.41) is 20.1. The van der Waals surface area contributed by atoms with Crippen LogP contribution >= 0.6 is 0 Å². The Hall–Kier alpha value is -2.44. The second-order valence-electron chi connectivity index (χ2n) is 4.62. The molecule has 1 aromatic rings. The summed E-state index contributed by atoms with van der Waals surface area (Å²) >= 11 is 0. The van der Waals surface area contributed by atoms with Crippen molar-refractivity contribution >= 4 is 17.6 Å². The van der Waals surface area contributed by atoms with E-state index in [1.807, 2.05) is 0 Å². The first-order valence-corrected chi connectivity index (χ1v) is 6.29. The van der Waals surface area contributed by atoms with Gasteiger partial charge in [0.15, 0.2) is 0 Å². The van der Waals surface area contributed by atoms with E-state index in [4.69, 9.17) is 5.11 Å². The van der Waals surface area contributed by atoms with Gasteiger partial charge in [0.2, 0.25) is 0 Å². The maximum Gasteiger partial charge on any atom is 0.326 e. The summed E-state index contributed by atoms with van der Waals surface area (Å²) in [5.41, 5.74) is -0.363. The topological polar surface area (TPSA) is 101 Å². The van der Waals surface area contributed by atoms with Gasteiger partial charge in [-0.3, -0.25) is 14.9 Å². The SMILES string of the molecule is O=C(O)[C@H]1CCCCN1C(=O)c1ccccc1[N+](=O)[O-]. The molecule has 0 saturated carbocycles. The number of nitrogens with zero attached hydrogens (tertiary/aromatic N) is 2. The number of aliphatic carboxylic acids is 1. The standard InChI is InChI=1S/C13H14N2O5/c16-12(9-5-1-2-6-10(9)15(19)20)14-8-4-3-7-11(14)13(17)18/h1-2,5-6,11H,3-4,7-8H2,(H,17,18)/t11-/m1/s1. The summed E-state index contributed by atoms with van der Waals surface area (Å²) in [4.78, 5) is 35.1. The van der Waals surface area contributed by atoms with Gasteiger partial charge in [0.25, 0.3) is 11.6 Å². The Morgan fingerprint density at radius 2 is 2.00 bits per heavy atom. The fourth-order valence-corrected chi connectivity index (χ4v) is 2.40. The van der Waals surface area contributed by atoms with Crippen molar-refractivity contribution in [3.05, 3.63) is 39.9 Å². The van der Waals surface area contributed by atoms with E-state index in [9.17, 15) is 19.7 Å². The molecule has 0 bridgehead atoms. The number of para-hydroxylation sites is 1. The number of piperidine rings is 1. The summed E-state index contributed by atoms with van der Waals surface area (Å²) < 4.78 is 0. The number of nitro benzene ring substituents is 1. The van der Waals surface area contributed by atoms with Crippen molar-refractivity contribution < 1.29 is 19.6 Å². The summed E-state index contributed by atoms with van der Waals surface area (Å²) in [6, 6.07) is 4.69. The van der Waals surface area contributed by atoms with Crippen molar-refractivity contribution in [2.24, 2.45) is 0 Å². The van der Waals surface area contributed by atoms with Gasteiger partial charge in [-0.05, 0) is 25.3 Å². The molecule has 0 unspecified atom stereocenters. The number of carbonyl (C=O) groups is 2. The molecule has 1 heterocycles. The van der Waals surface area contributed by atoms with Crippen molar-refractivity contribution in [1.29, 1.82) is 0 Å². The number of carboxylic acids is 1. The maximum absolute atomic E-state index is 12.4. The number of benzene rings is 1. The predicted octanol–water partition coefficient (Wildman–Crippen LogP) is 1.67. The summed E-state index contributed by atoms with van der Waals surface area (Å²) in [6.07, 6.45) is 1.81. The molecule has 1 N–H and O–H groups in total. The predicted molar refractivity (Wildman–Crippen MR) is 69.4 cm³/mol. The molecule has 1 amide bonds. The van der Waals surface area contributed by atoms with E-state index in [2.05, 4.69) is 0 Å². The normalized spacial score (nSPS) is 18.6. The molecule has 0 aliphatic carbocycles. The van der Waals surface area contributed by atoms with E-state index in [-0.39, 0.29) is 11.3 Å². The van der Waals surface area contributed by atoms with Crippen molar-refractivity contribution in [2.45, 2.75) is 25.3 Å². The molecule has 0 spiro atoms. The zero-order chi connectivity index (χ0) is 14.7. The molecule has 106 valence electrons. The van der Waals surface area contributed by atoms with E-state index in [0.717, 1.165) is 6.42 Å². The van der Waals surface area contributed by atoms with Gasteiger partial charge in [-0.1, -0.05) is 12.1 Å². The smallest absolute Gasteiger partial charge is 0.326 e. The molecular formula is C13H14N2O5. The van der Waals surface area contributed by atoms with Crippen LogP contribution in [-0.2, 0) is 4.79 Å². The molecule has 0 radical (unpaired) electrons. The summed E-state index contributed by atoms with van der Waals surface area (Å²) in [5.74, 6) is -1.67. The second-order valence-corrected chi connectivity index (χ2v) is 4.62. The Kier molecular flexibility index (Phi) is 3.97. The van der Waals surface area contributed by atoms with Crippen LogP contribution in [0.15, 0.2) is 24.3 Å². The van der Waals surface area contributed by atoms with E-state index in [1.165, 1.54) is 29.2 Å². The Morgan fingerprint density at radius 1 is 1.30 bits per heavy atom. The number of hydrogen-bond donors (Lipinski definition) is 1. The van der Waals surface area contributed by atoms with Gasteiger partial charge < -0.3 is 10.0 Å². The molecule has 7 nitrogen and oxygen atoms in total. The first kappa shape index (κ1) is 14.0. The van der Waals surface area contributed by atoms with Crippen molar-refractivity contribution in [1.82, 2.24) is 4.90 Å². The number of nitro groups is 1. The first-order chi connectivity index (χ1) is 9.52. The minimum absolute atomic E-state index is 0.0642. The lowest BCUT2D eigenvalue weighted by molar-refractivity contribution is -0.385. The third-order valence-corrected chi connectivity index (χ3v) is 3.38. The minimum atomic E-state index is -1.07. The number of hydrogen-bond acceptors (Lipinski definition) is 4. The van der Waals surface area contributed by atoms with Crippen LogP contribution in [0.1, 0.15) is 29.6 Å². The molecule has 1 aromatic carbocycles. The van der Waals surface area contributed by atoms with Gasteiger partial charge in [-0.2, -0.15) is 0 Å². The van der Waals surface area contributed by atoms with Gasteiger partial charge in [0.05, 0.1) is 4.92 Å². The van der Waals surface area contributed by atoms with E-state index in [1.54, 1.807) is 0 Å². The lowest BCUT2D eigenvalue weighted by atomic mass is 10.0. The van der Waals surface area contributed by atoms with Crippen LogP contribution in [0.3, 0.4) is 0 Å². The Bertz CT molecular complexity index is 557. The monoisotopic (exact) mass is 278 g/mol. The van der Waals surface area contributed by atoms with Crippen LogP contribution < -0.4 is 0 Å². The third-order valence-electron chi connectivity index (χ3n) is 3.38. The third kappa shape index (κ3) is 2.61. The summed E-state index contributed by atoms with van der Waals surface area (Å²) in [7, 11) is 0. The molecule has 7 heteroatoms. The molecule has 1 saturated heterocycles. The molecule has 1 fully saturated rings. The lowest BCUT2D eigenvalue weighted by Crippen LogP contribution is -2.48. The zero-order valence-corrected chi connectivity index (χ0v) is 10.7. The van der Waals surface area contributed by atoms with E-state index >= 15 is 0 Å². The Balaban J connectivity index is 2.35. The van der Waals surface area contributed by atoms with Crippen molar-refractivity contribution in [3.8, 4) is 0 Å². The maximum atomic E-state index is 12.4. The number of likely N-dealkylation sites (tertiary alicyclic amines) is 1. The van der Waals surface area contributed by atoms with Gasteiger partial charge in [0, 0.05) is 12.6 Å². The number of carboxylic acid groups (broad SMARTS) is 1. The highest BCUT2D eigenvalue weighted by Crippen LogP contribution is 2.24. The zero-order valence-electron chi connectivity index (χ0n) is 10.7. The van der Waals surface area contributed by atoms with Gasteiger partial charge in [-0.25, -0.2) is 4.79 Å². The van der Waals surface area contributed by atoms with Crippen LogP contribution in [0.2, 0.25) is 0 Å². The fraction of sp³-hybridized carbons (Fsp3) is 0.385. The average Bonchev–Trinajstić information content (AvgIpc) is 2.46. The lowest BCUT2D eigenvalue weighted by Gasteiger charge is -2.32. The highest BCUT2D eigenvalue weighted by Gasteiger charge is 2.34. The van der Waals surface area contributed by atoms with Crippen molar-refractivity contribution in [3.63, 3.8) is 0 Å². The number of amides is 1. The average molecular weight is 278 g/mol. The summed E-state index contributed by atoms with van der Waals surface area (Å²) in [6.45, 7) is 0.307. The highest BCUT2D eigenvalue weighted by molar-refractivity contribution is 6.00. The largest absolute Gasteiger partial charge is 0.480 e. The van der Waals surface area contributed by atoms with Crippen LogP contribution in [0.5, 0.6) is 0 Å². The molecular weight excluding hydrogens is 264 g/mol. The van der Waals surface area contributed by atoms with Crippen LogP contribution in [0.4, 0.5) is 5.69 Å². The van der Waals surface area contributed by atoms with Gasteiger partial charge in [0.1, 0.15) is 11.6 Å². The van der Waals surface area contributed by atoms with Gasteiger partial charge >= 0.3 is 5.97 Å². The highest BCUT2D eigenvalue weighted by atomic mass is 16.6. The van der Waals surface area contributed by atoms with Gasteiger partial charge in [-0.15, -0.1) is 0 Å². The van der Waals surface area contributed by atoms with Crippen LogP contribution in [-0.4, -0.2) is 39.4 Å². The van der Waals surface area contributed by atoms with Crippen LogP contribution in [0, 0.1) is 10.1 Å². The van der Waals surface area contributed by atoms with E-state index < -0.39 is 22.8 Å². The van der Waals surface area contributed by atoms with E-state index in [0.29, 0.717) is 19.4 Å². The fourth-order valence-electron chi connectivity index (χ4n) is 2.40. The number of carbonyl (C=O) groups excluding carboxylic acids is 1. The number of rotatable bonds is 3. The molecule has 1 aliphatic rings. The minimum Gasteiger partial charge on any atom is -0.480 e. The van der Waals surface area contributed by atoms with Crippen molar-refractivity contribution in [2.75, 3.05) is 6.54 Å². The molecule has 1 atom stereocenters.